The van der Waals surface area contributed by atoms with E-state index in [1.807, 2.05) is 13.0 Å². The topological polar surface area (TPSA) is 61.8 Å². The lowest BCUT2D eigenvalue weighted by Crippen LogP contribution is -1.91. The van der Waals surface area contributed by atoms with Gasteiger partial charge in [0.25, 0.3) is 0 Å². The third-order valence-electron chi connectivity index (χ3n) is 1.91. The molecule has 68 valence electrons. The molecule has 13 heavy (non-hydrogen) atoms. The lowest BCUT2D eigenvalue weighted by Gasteiger charge is -1.95. The third-order valence-corrected chi connectivity index (χ3v) is 1.91. The highest BCUT2D eigenvalue weighted by molar-refractivity contribution is 5.70. The predicted octanol–water partition coefficient (Wildman–Crippen LogP) is 0.801. The normalized spacial score (nSPS) is 10.9. The Morgan fingerprint density at radius 2 is 2.38 bits per heavy atom. The van der Waals surface area contributed by atoms with Crippen LogP contribution in [0.5, 0.6) is 0 Å². The van der Waals surface area contributed by atoms with Crippen LogP contribution in [0.1, 0.15) is 11.4 Å². The zero-order valence-corrected chi connectivity index (χ0v) is 7.41. The van der Waals surface area contributed by atoms with Gasteiger partial charge in [-0.3, -0.25) is 0 Å². The van der Waals surface area contributed by atoms with Crippen LogP contribution >= 0.6 is 0 Å². The van der Waals surface area contributed by atoms with Gasteiger partial charge in [-0.05, 0) is 25.0 Å². The van der Waals surface area contributed by atoms with Crippen molar-refractivity contribution in [3.8, 4) is 0 Å². The van der Waals surface area contributed by atoms with E-state index in [1.165, 1.54) is 0 Å². The number of aromatic amines is 1. The largest absolute Gasteiger partial charge is 0.396 e. The molecule has 4 nitrogen and oxygen atoms in total. The number of nitrogens with one attached hydrogen (secondary N) is 1. The summed E-state index contributed by atoms with van der Waals surface area (Å²) in [5.41, 5.74) is 2.70. The molecule has 2 rings (SSSR count). The van der Waals surface area contributed by atoms with Crippen molar-refractivity contribution in [2.75, 3.05) is 6.61 Å². The van der Waals surface area contributed by atoms with Crippen molar-refractivity contribution in [1.82, 2.24) is 15.0 Å². The van der Waals surface area contributed by atoms with E-state index >= 15 is 0 Å². The summed E-state index contributed by atoms with van der Waals surface area (Å²) < 4.78 is 0. The van der Waals surface area contributed by atoms with Crippen LogP contribution in [0.15, 0.2) is 12.3 Å². The van der Waals surface area contributed by atoms with Crippen molar-refractivity contribution in [1.29, 1.82) is 0 Å². The summed E-state index contributed by atoms with van der Waals surface area (Å²) in [7, 11) is 0. The van der Waals surface area contributed by atoms with E-state index in [0.717, 1.165) is 22.6 Å². The lowest BCUT2D eigenvalue weighted by molar-refractivity contribution is 0.299. The van der Waals surface area contributed by atoms with Crippen molar-refractivity contribution in [3.05, 3.63) is 23.7 Å². The fourth-order valence-corrected chi connectivity index (χ4v) is 1.33. The van der Waals surface area contributed by atoms with Crippen molar-refractivity contribution in [2.45, 2.75) is 13.3 Å². The Labute approximate surface area is 75.7 Å². The standard InChI is InChI=1S/C9H11N3O/c1-6-11-8-4-7(2-3-13)5-10-9(8)12-6/h4-5,13H,2-3H2,1H3,(H,10,11,12). The number of H-pyrrole nitrogens is 1. The Bertz CT molecular complexity index is 422. The van der Waals surface area contributed by atoms with Gasteiger partial charge >= 0.3 is 0 Å². The molecule has 0 radical (unpaired) electrons. The zero-order chi connectivity index (χ0) is 9.26. The molecule has 4 heteroatoms. The molecule has 0 amide bonds. The SMILES string of the molecule is Cc1nc2ncc(CCO)cc2[nH]1. The monoisotopic (exact) mass is 177 g/mol. The van der Waals surface area contributed by atoms with Gasteiger partial charge in [-0.15, -0.1) is 0 Å². The van der Waals surface area contributed by atoms with Crippen molar-refractivity contribution >= 4 is 11.2 Å². The molecular weight excluding hydrogens is 166 g/mol. The summed E-state index contributed by atoms with van der Waals surface area (Å²) in [4.78, 5) is 11.5. The second kappa shape index (κ2) is 3.14. The summed E-state index contributed by atoms with van der Waals surface area (Å²) in [5.74, 6) is 0.864. The molecule has 2 aromatic rings. The molecule has 0 unspecified atom stereocenters. The number of hydrogen-bond acceptors (Lipinski definition) is 3. The van der Waals surface area contributed by atoms with Gasteiger partial charge in [0.15, 0.2) is 5.65 Å². The van der Waals surface area contributed by atoms with Crippen molar-refractivity contribution in [2.24, 2.45) is 0 Å². The fourth-order valence-electron chi connectivity index (χ4n) is 1.33. The first-order valence-electron chi connectivity index (χ1n) is 4.21. The molecule has 0 aliphatic rings. The van der Waals surface area contributed by atoms with Crippen LogP contribution in [0.25, 0.3) is 11.2 Å². The quantitative estimate of drug-likeness (QED) is 0.713. The molecule has 0 aromatic carbocycles. The Morgan fingerprint density at radius 3 is 3.15 bits per heavy atom. The molecule has 2 heterocycles. The molecule has 0 fully saturated rings. The molecular formula is C9H11N3O. The maximum absolute atomic E-state index is 8.74. The molecule has 0 spiro atoms. The van der Waals surface area contributed by atoms with E-state index in [2.05, 4.69) is 15.0 Å². The van der Waals surface area contributed by atoms with Crippen LogP contribution in [0.3, 0.4) is 0 Å². The van der Waals surface area contributed by atoms with Gasteiger partial charge in [-0.25, -0.2) is 9.97 Å². The highest BCUT2D eigenvalue weighted by Gasteiger charge is 2.01. The van der Waals surface area contributed by atoms with Crippen LogP contribution in [0.4, 0.5) is 0 Å². The minimum atomic E-state index is 0.153. The predicted molar refractivity (Wildman–Crippen MR) is 49.4 cm³/mol. The molecule has 0 aliphatic carbocycles. The van der Waals surface area contributed by atoms with Crippen LogP contribution in [0, 0.1) is 6.92 Å². The van der Waals surface area contributed by atoms with Crippen LogP contribution in [-0.2, 0) is 6.42 Å². The number of aliphatic hydroxyl groups excluding tert-OH is 1. The van der Waals surface area contributed by atoms with Gasteiger partial charge in [-0.1, -0.05) is 0 Å². The number of nitrogens with zero attached hydrogens (tertiary/aromatic N) is 2. The van der Waals surface area contributed by atoms with Gasteiger partial charge in [0.1, 0.15) is 5.82 Å². The van der Waals surface area contributed by atoms with Gasteiger partial charge in [0.2, 0.25) is 0 Å². The van der Waals surface area contributed by atoms with Crippen LogP contribution in [-0.4, -0.2) is 26.7 Å². The molecule has 0 aliphatic heterocycles. The van der Waals surface area contributed by atoms with Crippen molar-refractivity contribution in [3.63, 3.8) is 0 Å². The second-order valence-corrected chi connectivity index (χ2v) is 3.01. The smallest absolute Gasteiger partial charge is 0.177 e. The number of fused-ring (bicyclic) bond motifs is 1. The highest BCUT2D eigenvalue weighted by Crippen LogP contribution is 2.10. The van der Waals surface area contributed by atoms with Crippen LogP contribution < -0.4 is 0 Å². The summed E-state index contributed by atoms with van der Waals surface area (Å²) in [5, 5.41) is 8.74. The summed E-state index contributed by atoms with van der Waals surface area (Å²) >= 11 is 0. The number of aliphatic hydroxyl groups is 1. The lowest BCUT2D eigenvalue weighted by atomic mass is 10.2. The Hall–Kier alpha value is -1.42. The Kier molecular flexibility index (Phi) is 1.98. The van der Waals surface area contributed by atoms with E-state index in [9.17, 15) is 0 Å². The molecule has 0 atom stereocenters. The van der Waals surface area contributed by atoms with E-state index in [-0.39, 0.29) is 6.61 Å². The average Bonchev–Trinajstić information content (AvgIpc) is 2.44. The average molecular weight is 177 g/mol. The molecule has 2 aromatic heterocycles. The van der Waals surface area contributed by atoms with E-state index in [4.69, 9.17) is 5.11 Å². The van der Waals surface area contributed by atoms with E-state index in [1.54, 1.807) is 6.20 Å². The fraction of sp³-hybridized carbons (Fsp3) is 0.333. The molecule has 0 saturated heterocycles. The maximum Gasteiger partial charge on any atom is 0.177 e. The van der Waals surface area contributed by atoms with Gasteiger partial charge in [0.05, 0.1) is 5.52 Å². The zero-order valence-electron chi connectivity index (χ0n) is 7.41. The number of aryl methyl sites for hydroxylation is 1. The highest BCUT2D eigenvalue weighted by atomic mass is 16.2. The van der Waals surface area contributed by atoms with Crippen molar-refractivity contribution < 1.29 is 5.11 Å². The minimum Gasteiger partial charge on any atom is -0.396 e. The van der Waals surface area contributed by atoms with Gasteiger partial charge < -0.3 is 10.1 Å². The molecule has 2 N–H and O–H groups in total. The molecule has 0 saturated carbocycles. The number of rotatable bonds is 2. The first-order chi connectivity index (χ1) is 6.29. The Balaban J connectivity index is 2.48. The summed E-state index contributed by atoms with van der Waals surface area (Å²) in [6.07, 6.45) is 2.39. The number of pyridine rings is 1. The first kappa shape index (κ1) is 8.19. The van der Waals surface area contributed by atoms with Crippen LogP contribution in [0.2, 0.25) is 0 Å². The van der Waals surface area contributed by atoms with E-state index in [0.29, 0.717) is 6.42 Å². The number of hydrogen-bond donors (Lipinski definition) is 2. The Morgan fingerprint density at radius 1 is 1.54 bits per heavy atom. The van der Waals surface area contributed by atoms with Gasteiger partial charge in [0, 0.05) is 12.8 Å². The third kappa shape index (κ3) is 1.53. The van der Waals surface area contributed by atoms with Gasteiger partial charge in [-0.2, -0.15) is 0 Å². The summed E-state index contributed by atoms with van der Waals surface area (Å²) in [6, 6.07) is 1.97. The molecule has 0 bridgehead atoms. The first-order valence-corrected chi connectivity index (χ1v) is 4.21. The second-order valence-electron chi connectivity index (χ2n) is 3.01. The number of aromatic nitrogens is 3. The summed E-state index contributed by atoms with van der Waals surface area (Å²) in [6.45, 7) is 2.05. The minimum absolute atomic E-state index is 0.153. The van der Waals surface area contributed by atoms with E-state index < -0.39 is 0 Å². The number of imidazole rings is 1. The maximum atomic E-state index is 8.74.